The van der Waals surface area contributed by atoms with E-state index in [4.69, 9.17) is 5.11 Å². The number of carboxylic acid groups (broad SMARTS) is 1. The van der Waals surface area contributed by atoms with Gasteiger partial charge in [0.1, 0.15) is 6.54 Å². The summed E-state index contributed by atoms with van der Waals surface area (Å²) >= 11 is 0. The molecule has 2 rings (SSSR count). The average molecular weight is 319 g/mol. The Kier molecular flexibility index (Phi) is 4.72. The highest BCUT2D eigenvalue weighted by Gasteiger charge is 2.43. The number of rotatable bonds is 4. The van der Waals surface area contributed by atoms with Gasteiger partial charge < -0.3 is 10.4 Å². The number of nitrogens with zero attached hydrogens (tertiary/aromatic N) is 2. The van der Waals surface area contributed by atoms with Gasteiger partial charge >= 0.3 is 12.1 Å². The largest absolute Gasteiger partial charge is 0.480 e. The summed E-state index contributed by atoms with van der Waals surface area (Å²) in [5.74, 6) is -3.59. The standard InChI is InChI=1S/C13H16F3N3O3/c14-13(15,16)9-3-1-2-8(6-9)12(22)17-10-4-5-19(18-10)7-11(20)21/h4-5,8-9H,1-3,6-7H2,(H,20,21)(H,17,18,22). The molecular weight excluding hydrogens is 303 g/mol. The Morgan fingerprint density at radius 2 is 2.14 bits per heavy atom. The first-order chi connectivity index (χ1) is 10.3. The van der Waals surface area contributed by atoms with Crippen LogP contribution >= 0.6 is 0 Å². The molecule has 1 amide bonds. The van der Waals surface area contributed by atoms with Crippen LogP contribution in [0.3, 0.4) is 0 Å². The van der Waals surface area contributed by atoms with Gasteiger partial charge in [0.25, 0.3) is 0 Å². The minimum absolute atomic E-state index is 0.0561. The molecule has 22 heavy (non-hydrogen) atoms. The molecule has 2 unspecified atom stereocenters. The number of halogens is 3. The van der Waals surface area contributed by atoms with E-state index in [0.29, 0.717) is 12.8 Å². The van der Waals surface area contributed by atoms with Crippen LogP contribution in [0, 0.1) is 11.8 Å². The van der Waals surface area contributed by atoms with E-state index in [1.54, 1.807) is 0 Å². The third-order valence-electron chi connectivity index (χ3n) is 3.70. The van der Waals surface area contributed by atoms with Crippen LogP contribution in [0.25, 0.3) is 0 Å². The molecule has 1 aliphatic rings. The first kappa shape index (κ1) is 16.3. The predicted molar refractivity (Wildman–Crippen MR) is 70.0 cm³/mol. The van der Waals surface area contributed by atoms with Gasteiger partial charge in [0.15, 0.2) is 5.82 Å². The van der Waals surface area contributed by atoms with Crippen molar-refractivity contribution in [3.8, 4) is 0 Å². The van der Waals surface area contributed by atoms with Gasteiger partial charge in [-0.25, -0.2) is 0 Å². The van der Waals surface area contributed by atoms with Gasteiger partial charge in [-0.3, -0.25) is 14.3 Å². The Hall–Kier alpha value is -2.06. The topological polar surface area (TPSA) is 84.2 Å². The maximum Gasteiger partial charge on any atom is 0.391 e. The summed E-state index contributed by atoms with van der Waals surface area (Å²) in [4.78, 5) is 22.6. The van der Waals surface area contributed by atoms with Crippen molar-refractivity contribution in [1.29, 1.82) is 0 Å². The first-order valence-electron chi connectivity index (χ1n) is 6.88. The van der Waals surface area contributed by atoms with Crippen LogP contribution in [-0.2, 0) is 16.1 Å². The highest BCUT2D eigenvalue weighted by Crippen LogP contribution is 2.40. The van der Waals surface area contributed by atoms with Crippen molar-refractivity contribution >= 4 is 17.7 Å². The predicted octanol–water partition coefficient (Wildman–Crippen LogP) is 2.27. The van der Waals surface area contributed by atoms with E-state index in [2.05, 4.69) is 10.4 Å². The number of hydrogen-bond donors (Lipinski definition) is 2. The summed E-state index contributed by atoms with van der Waals surface area (Å²) in [5.41, 5.74) is 0. The van der Waals surface area contributed by atoms with E-state index in [-0.39, 0.29) is 25.2 Å². The quantitative estimate of drug-likeness (QED) is 0.891. The van der Waals surface area contributed by atoms with Gasteiger partial charge in [-0.2, -0.15) is 18.3 Å². The van der Waals surface area contributed by atoms with Crippen LogP contribution in [0.1, 0.15) is 25.7 Å². The van der Waals surface area contributed by atoms with Crippen molar-refractivity contribution in [1.82, 2.24) is 9.78 Å². The Morgan fingerprint density at radius 1 is 1.41 bits per heavy atom. The molecule has 1 aliphatic carbocycles. The zero-order valence-corrected chi connectivity index (χ0v) is 11.6. The summed E-state index contributed by atoms with van der Waals surface area (Å²) in [7, 11) is 0. The number of anilines is 1. The molecule has 1 heterocycles. The molecule has 0 aliphatic heterocycles. The Bertz CT molecular complexity index is 556. The third-order valence-corrected chi connectivity index (χ3v) is 3.70. The number of nitrogens with one attached hydrogen (secondary N) is 1. The monoisotopic (exact) mass is 319 g/mol. The van der Waals surface area contributed by atoms with Crippen LogP contribution in [0.4, 0.5) is 19.0 Å². The second-order valence-corrected chi connectivity index (χ2v) is 5.38. The SMILES string of the molecule is O=C(O)Cn1ccc(NC(=O)C2CCCC(C(F)(F)F)C2)n1. The molecule has 1 aromatic rings. The lowest BCUT2D eigenvalue weighted by molar-refractivity contribution is -0.185. The highest BCUT2D eigenvalue weighted by molar-refractivity contribution is 5.91. The third kappa shape index (κ3) is 4.22. The van der Waals surface area contributed by atoms with E-state index in [9.17, 15) is 22.8 Å². The number of hydrogen-bond acceptors (Lipinski definition) is 3. The maximum atomic E-state index is 12.7. The molecule has 2 N–H and O–H groups in total. The molecule has 122 valence electrons. The van der Waals surface area contributed by atoms with Crippen LogP contribution in [-0.4, -0.2) is 32.9 Å². The summed E-state index contributed by atoms with van der Waals surface area (Å²) in [6, 6.07) is 1.41. The van der Waals surface area contributed by atoms with E-state index < -0.39 is 29.9 Å². The lowest BCUT2D eigenvalue weighted by Gasteiger charge is -2.29. The van der Waals surface area contributed by atoms with E-state index in [1.807, 2.05) is 0 Å². The maximum absolute atomic E-state index is 12.7. The number of amides is 1. The number of carboxylic acids is 1. The van der Waals surface area contributed by atoms with Crippen molar-refractivity contribution in [2.75, 3.05) is 5.32 Å². The van der Waals surface area contributed by atoms with Gasteiger partial charge in [-0.15, -0.1) is 0 Å². The molecule has 1 aromatic heterocycles. The molecule has 2 atom stereocenters. The molecule has 9 heteroatoms. The molecular formula is C13H16F3N3O3. The Labute approximate surface area is 124 Å². The summed E-state index contributed by atoms with van der Waals surface area (Å²) in [6.45, 7) is -0.352. The molecule has 0 spiro atoms. The van der Waals surface area contributed by atoms with E-state index >= 15 is 0 Å². The van der Waals surface area contributed by atoms with Crippen molar-refractivity contribution < 1.29 is 27.9 Å². The fourth-order valence-electron chi connectivity index (χ4n) is 2.61. The van der Waals surface area contributed by atoms with Crippen LogP contribution < -0.4 is 5.32 Å². The fourth-order valence-corrected chi connectivity index (χ4v) is 2.61. The van der Waals surface area contributed by atoms with Gasteiger partial charge in [0, 0.05) is 18.2 Å². The van der Waals surface area contributed by atoms with Crippen molar-refractivity contribution in [2.45, 2.75) is 38.4 Å². The molecule has 0 bridgehead atoms. The van der Waals surface area contributed by atoms with E-state index in [1.165, 1.54) is 12.3 Å². The normalized spacial score (nSPS) is 22.3. The van der Waals surface area contributed by atoms with Crippen molar-refractivity contribution in [2.24, 2.45) is 11.8 Å². The van der Waals surface area contributed by atoms with Crippen molar-refractivity contribution in [3.63, 3.8) is 0 Å². The van der Waals surface area contributed by atoms with Crippen LogP contribution in [0.2, 0.25) is 0 Å². The minimum Gasteiger partial charge on any atom is -0.480 e. The second-order valence-electron chi connectivity index (χ2n) is 5.38. The molecule has 1 saturated carbocycles. The summed E-state index contributed by atoms with van der Waals surface area (Å²) in [6.07, 6.45) is -2.29. The molecule has 0 radical (unpaired) electrons. The van der Waals surface area contributed by atoms with Crippen molar-refractivity contribution in [3.05, 3.63) is 12.3 Å². The van der Waals surface area contributed by atoms with Crippen LogP contribution in [0.15, 0.2) is 12.3 Å². The molecule has 1 fully saturated rings. The zero-order valence-electron chi connectivity index (χ0n) is 11.6. The number of carbonyl (C=O) groups is 2. The Balaban J connectivity index is 1.94. The van der Waals surface area contributed by atoms with Gasteiger partial charge in [0.2, 0.25) is 5.91 Å². The summed E-state index contributed by atoms with van der Waals surface area (Å²) in [5, 5.41) is 14.9. The number of aromatic nitrogens is 2. The number of carbonyl (C=O) groups excluding carboxylic acids is 1. The number of aliphatic carboxylic acids is 1. The smallest absolute Gasteiger partial charge is 0.391 e. The fraction of sp³-hybridized carbons (Fsp3) is 0.615. The highest BCUT2D eigenvalue weighted by atomic mass is 19.4. The minimum atomic E-state index is -4.28. The van der Waals surface area contributed by atoms with E-state index in [0.717, 1.165) is 4.68 Å². The lowest BCUT2D eigenvalue weighted by atomic mass is 9.80. The molecule has 0 aromatic carbocycles. The Morgan fingerprint density at radius 3 is 2.77 bits per heavy atom. The van der Waals surface area contributed by atoms with Gasteiger partial charge in [-0.05, 0) is 19.3 Å². The molecule has 0 saturated heterocycles. The molecule has 6 nitrogen and oxygen atoms in total. The van der Waals surface area contributed by atoms with Crippen LogP contribution in [0.5, 0.6) is 0 Å². The summed E-state index contributed by atoms with van der Waals surface area (Å²) < 4.78 is 39.3. The first-order valence-corrected chi connectivity index (χ1v) is 6.88. The van der Waals surface area contributed by atoms with Gasteiger partial charge in [0.05, 0.1) is 5.92 Å². The van der Waals surface area contributed by atoms with Gasteiger partial charge in [-0.1, -0.05) is 6.42 Å². The number of alkyl halides is 3. The lowest BCUT2D eigenvalue weighted by Crippen LogP contribution is -2.34. The zero-order chi connectivity index (χ0) is 16.3. The second kappa shape index (κ2) is 6.37. The average Bonchev–Trinajstić information content (AvgIpc) is 2.84.